The van der Waals surface area contributed by atoms with Crippen molar-refractivity contribution in [1.29, 1.82) is 0 Å². The van der Waals surface area contributed by atoms with Gasteiger partial charge in [0.25, 0.3) is 9.84 Å². The van der Waals surface area contributed by atoms with Crippen molar-refractivity contribution in [3.05, 3.63) is 33.1 Å². The molecule has 5 aliphatic rings. The maximum Gasteiger partial charge on any atom is 0.469 e. The molecule has 36 heavy (non-hydrogen) atoms. The summed E-state index contributed by atoms with van der Waals surface area (Å²) in [4.78, 5) is 0. The summed E-state index contributed by atoms with van der Waals surface area (Å²) >= 11 is 0. The van der Waals surface area contributed by atoms with Crippen LogP contribution in [0.15, 0.2) is 33.1 Å². The number of rotatable bonds is 4. The van der Waals surface area contributed by atoms with Crippen LogP contribution in [0.3, 0.4) is 0 Å². The lowest BCUT2D eigenvalue weighted by atomic mass is 9.54. The van der Waals surface area contributed by atoms with Crippen LogP contribution in [0.4, 0.5) is 48.3 Å². The van der Waals surface area contributed by atoms with Crippen molar-refractivity contribution in [3.63, 3.8) is 0 Å². The monoisotopic (exact) mass is 580 g/mol. The number of halogens is 11. The molecular weight excluding hydrogens is 565 g/mol. The summed E-state index contributed by atoms with van der Waals surface area (Å²) in [6.45, 7) is 0. The molecule has 0 aromatic carbocycles. The Morgan fingerprint density at radius 3 is 1.75 bits per heavy atom. The SMILES string of the molecule is O=S(=O)(C(=C1C(F)=C(F)C(F)=C(F)C1F)S(=O)(=O)C(F)(F)C(F)(F)F)C12CC3CC(CC(F)(C3)C1)C2. The van der Waals surface area contributed by atoms with Crippen molar-refractivity contribution < 1.29 is 65.1 Å². The lowest BCUT2D eigenvalue weighted by Crippen LogP contribution is -2.61. The first-order valence-corrected chi connectivity index (χ1v) is 13.2. The van der Waals surface area contributed by atoms with E-state index in [2.05, 4.69) is 0 Å². The molecular formula is C19H15F11O4S2. The summed E-state index contributed by atoms with van der Waals surface area (Å²) in [5, 5.41) is -7.03. The maximum atomic E-state index is 15.3. The average molecular weight is 580 g/mol. The lowest BCUT2D eigenvalue weighted by Gasteiger charge is -2.58. The smallest absolute Gasteiger partial charge is 0.244 e. The third-order valence-corrected chi connectivity index (χ3v) is 12.4. The fourth-order valence-corrected chi connectivity index (χ4v) is 11.4. The van der Waals surface area contributed by atoms with Gasteiger partial charge in [-0.2, -0.15) is 22.0 Å². The summed E-state index contributed by atoms with van der Waals surface area (Å²) in [5.74, 6) is -13.7. The molecule has 5 aliphatic carbocycles. The summed E-state index contributed by atoms with van der Waals surface area (Å²) in [6, 6.07) is 0. The zero-order valence-corrected chi connectivity index (χ0v) is 19.2. The van der Waals surface area contributed by atoms with E-state index in [0.717, 1.165) is 0 Å². The van der Waals surface area contributed by atoms with Gasteiger partial charge in [-0.05, 0) is 43.9 Å². The predicted molar refractivity (Wildman–Crippen MR) is 100 cm³/mol. The Bertz CT molecular complexity index is 1310. The fourth-order valence-electron chi connectivity index (χ4n) is 6.14. The van der Waals surface area contributed by atoms with Crippen molar-refractivity contribution >= 4 is 19.7 Å². The highest BCUT2D eigenvalue weighted by Gasteiger charge is 2.73. The van der Waals surface area contributed by atoms with Crippen molar-refractivity contribution in [3.8, 4) is 0 Å². The van der Waals surface area contributed by atoms with Crippen molar-refractivity contribution in [2.45, 2.75) is 66.5 Å². The third kappa shape index (κ3) is 3.50. The Morgan fingerprint density at radius 2 is 1.31 bits per heavy atom. The van der Waals surface area contributed by atoms with Crippen LogP contribution in [0.5, 0.6) is 0 Å². The standard InChI is InChI=1S/C19H15F11O4S2/c20-10-9(11(21)13(23)14(24)12(10)22)15(36(33,34)19(29,30)18(26,27)28)35(31,32)17-4-7-1-8(5-17)3-16(25,2-7)6-17/h7-8,10H,1-6H2. The van der Waals surface area contributed by atoms with Crippen molar-refractivity contribution in [2.75, 3.05) is 0 Å². The normalized spacial score (nSPS) is 37.1. The van der Waals surface area contributed by atoms with Crippen LogP contribution in [-0.4, -0.2) is 44.9 Å². The second-order valence-electron chi connectivity index (χ2n) is 9.67. The Morgan fingerprint density at radius 1 is 0.806 bits per heavy atom. The van der Waals surface area contributed by atoms with E-state index < -0.39 is 112 Å². The van der Waals surface area contributed by atoms with Gasteiger partial charge >= 0.3 is 11.4 Å². The number of hydrogen-bond acceptors (Lipinski definition) is 4. The summed E-state index contributed by atoms with van der Waals surface area (Å²) < 4.78 is 200. The van der Waals surface area contributed by atoms with Gasteiger partial charge in [0.2, 0.25) is 0 Å². The van der Waals surface area contributed by atoms with Gasteiger partial charge < -0.3 is 0 Å². The van der Waals surface area contributed by atoms with E-state index in [1.807, 2.05) is 0 Å². The first kappa shape index (κ1) is 27.4. The van der Waals surface area contributed by atoms with Crippen molar-refractivity contribution in [2.24, 2.45) is 11.8 Å². The number of hydrogen-bond donors (Lipinski definition) is 0. The molecule has 0 spiro atoms. The summed E-state index contributed by atoms with van der Waals surface area (Å²) in [7, 11) is -14.1. The Hall–Kier alpha value is -1.65. The zero-order valence-electron chi connectivity index (χ0n) is 17.6. The molecule has 0 amide bonds. The largest absolute Gasteiger partial charge is 0.469 e. The first-order valence-electron chi connectivity index (χ1n) is 10.2. The van der Waals surface area contributed by atoms with E-state index in [1.54, 1.807) is 0 Å². The second-order valence-corrected chi connectivity index (χ2v) is 14.1. The topological polar surface area (TPSA) is 68.3 Å². The van der Waals surface area contributed by atoms with Crippen LogP contribution >= 0.6 is 0 Å². The molecule has 0 aromatic rings. The van der Waals surface area contributed by atoms with Crippen LogP contribution < -0.4 is 0 Å². The quantitative estimate of drug-likeness (QED) is 0.389. The minimum atomic E-state index is -7.74. The second kappa shape index (κ2) is 7.69. The van der Waals surface area contributed by atoms with Gasteiger partial charge in [-0.3, -0.25) is 0 Å². The fraction of sp³-hybridized carbons (Fsp3) is 0.684. The molecule has 17 heteroatoms. The van der Waals surface area contributed by atoms with Gasteiger partial charge in [-0.1, -0.05) is 0 Å². The summed E-state index contributed by atoms with van der Waals surface area (Å²) in [6.07, 6.45) is -14.0. The molecule has 0 heterocycles. The molecule has 0 radical (unpaired) electrons. The molecule has 4 nitrogen and oxygen atoms in total. The maximum absolute atomic E-state index is 15.3. The van der Waals surface area contributed by atoms with Crippen LogP contribution in [0.2, 0.25) is 0 Å². The highest BCUT2D eigenvalue weighted by atomic mass is 32.3. The van der Waals surface area contributed by atoms with E-state index in [0.29, 0.717) is 0 Å². The van der Waals surface area contributed by atoms with Gasteiger partial charge in [0, 0.05) is 6.42 Å². The van der Waals surface area contributed by atoms with Gasteiger partial charge in [-0.25, -0.2) is 43.2 Å². The van der Waals surface area contributed by atoms with E-state index in [-0.39, 0.29) is 19.3 Å². The Labute approximate surface area is 196 Å². The average Bonchev–Trinajstić information content (AvgIpc) is 2.70. The molecule has 4 fully saturated rings. The lowest BCUT2D eigenvalue weighted by molar-refractivity contribution is -0.241. The molecule has 0 N–H and O–H groups in total. The van der Waals surface area contributed by atoms with Crippen LogP contribution in [0.25, 0.3) is 0 Å². The van der Waals surface area contributed by atoms with Gasteiger partial charge in [0.15, 0.2) is 43.6 Å². The van der Waals surface area contributed by atoms with E-state index >= 15 is 4.39 Å². The van der Waals surface area contributed by atoms with E-state index in [9.17, 15) is 60.7 Å². The van der Waals surface area contributed by atoms with E-state index in [4.69, 9.17) is 0 Å². The van der Waals surface area contributed by atoms with Crippen LogP contribution in [0, 0.1) is 11.8 Å². The number of alkyl halides is 7. The zero-order chi connectivity index (χ0) is 27.4. The van der Waals surface area contributed by atoms with Gasteiger partial charge in [0.1, 0.15) is 5.67 Å². The summed E-state index contributed by atoms with van der Waals surface area (Å²) in [5.41, 5.74) is -5.22. The van der Waals surface area contributed by atoms with Crippen LogP contribution in [0.1, 0.15) is 38.5 Å². The molecule has 3 unspecified atom stereocenters. The number of sulfone groups is 2. The molecule has 0 aliphatic heterocycles. The highest BCUT2D eigenvalue weighted by Crippen LogP contribution is 2.64. The van der Waals surface area contributed by atoms with Gasteiger partial charge in [-0.15, -0.1) is 0 Å². The molecule has 0 saturated heterocycles. The molecule has 4 saturated carbocycles. The Kier molecular flexibility index (Phi) is 5.85. The Balaban J connectivity index is 2.09. The highest BCUT2D eigenvalue weighted by molar-refractivity contribution is 8.15. The first-order chi connectivity index (χ1) is 16.1. The molecule has 0 aromatic heterocycles. The van der Waals surface area contributed by atoms with Crippen molar-refractivity contribution in [1.82, 2.24) is 0 Å². The minimum Gasteiger partial charge on any atom is -0.244 e. The molecule has 3 atom stereocenters. The van der Waals surface area contributed by atoms with E-state index in [1.165, 1.54) is 0 Å². The predicted octanol–water partition coefficient (Wildman–Crippen LogP) is 5.90. The number of allylic oxidation sites excluding steroid dienone is 5. The minimum absolute atomic E-state index is 0.206. The third-order valence-electron chi connectivity index (χ3n) is 7.19. The van der Waals surface area contributed by atoms with Gasteiger partial charge in [0.05, 0.1) is 10.3 Å². The van der Waals surface area contributed by atoms with Crippen LogP contribution in [-0.2, 0) is 19.7 Å². The molecule has 5 rings (SSSR count). The molecule has 204 valence electrons. The molecule has 4 bridgehead atoms.